The highest BCUT2D eigenvalue weighted by Gasteiger charge is 2.10. The lowest BCUT2D eigenvalue weighted by Crippen LogP contribution is -2.09. The van der Waals surface area contributed by atoms with Crippen LogP contribution in [0.25, 0.3) is 11.1 Å². The van der Waals surface area contributed by atoms with Crippen LogP contribution in [0, 0.1) is 5.92 Å². The minimum Gasteiger partial charge on any atom is -0.494 e. The molecule has 4 nitrogen and oxygen atoms in total. The highest BCUT2D eigenvalue weighted by molar-refractivity contribution is 5.91. The maximum atomic E-state index is 12.5. The SMILES string of the molecule is C=CCCCCCCOc1ccc(-c2ccc(OC(=O)c3ccc(OC[C@@H](C)CC)cc3)cc2)cc1. The number of esters is 1. The average molecular weight is 487 g/mol. The number of rotatable bonds is 15. The molecule has 0 aliphatic rings. The molecule has 0 aliphatic heterocycles. The van der Waals surface area contributed by atoms with Gasteiger partial charge in [0, 0.05) is 0 Å². The number of carbonyl (C=O) groups excluding carboxylic acids is 1. The Balaban J connectivity index is 1.46. The predicted octanol–water partition coefficient (Wildman–Crippen LogP) is 8.51. The van der Waals surface area contributed by atoms with Gasteiger partial charge < -0.3 is 14.2 Å². The topological polar surface area (TPSA) is 44.8 Å². The third-order valence-corrected chi connectivity index (χ3v) is 6.15. The Morgan fingerprint density at radius 1 is 0.778 bits per heavy atom. The molecule has 3 aromatic rings. The van der Waals surface area contributed by atoms with E-state index in [1.165, 1.54) is 19.3 Å². The highest BCUT2D eigenvalue weighted by atomic mass is 16.5. The van der Waals surface area contributed by atoms with Gasteiger partial charge in [-0.1, -0.05) is 63.5 Å². The van der Waals surface area contributed by atoms with E-state index in [9.17, 15) is 4.79 Å². The van der Waals surface area contributed by atoms with Crippen LogP contribution in [0.5, 0.6) is 17.2 Å². The normalized spacial score (nSPS) is 11.5. The zero-order valence-electron chi connectivity index (χ0n) is 21.6. The summed E-state index contributed by atoms with van der Waals surface area (Å²) < 4.78 is 17.2. The molecule has 0 saturated carbocycles. The van der Waals surface area contributed by atoms with Gasteiger partial charge in [0.05, 0.1) is 18.8 Å². The summed E-state index contributed by atoms with van der Waals surface area (Å²) in [6, 6.07) is 22.7. The van der Waals surface area contributed by atoms with Crippen LogP contribution in [-0.2, 0) is 0 Å². The lowest BCUT2D eigenvalue weighted by molar-refractivity contribution is 0.0734. The van der Waals surface area contributed by atoms with E-state index in [0.717, 1.165) is 48.5 Å². The van der Waals surface area contributed by atoms with Gasteiger partial charge in [-0.05, 0) is 84.8 Å². The first kappa shape index (κ1) is 27.1. The van der Waals surface area contributed by atoms with E-state index in [2.05, 4.69) is 20.4 Å². The molecule has 0 N–H and O–H groups in total. The number of unbranched alkanes of at least 4 members (excludes halogenated alkanes) is 4. The van der Waals surface area contributed by atoms with Crippen LogP contribution in [0.2, 0.25) is 0 Å². The second-order valence-electron chi connectivity index (χ2n) is 9.13. The third-order valence-electron chi connectivity index (χ3n) is 6.15. The van der Waals surface area contributed by atoms with Gasteiger partial charge in [-0.15, -0.1) is 6.58 Å². The van der Waals surface area contributed by atoms with E-state index in [4.69, 9.17) is 14.2 Å². The Labute approximate surface area is 215 Å². The average Bonchev–Trinajstić information content (AvgIpc) is 2.92. The van der Waals surface area contributed by atoms with Crippen LogP contribution in [-0.4, -0.2) is 19.2 Å². The van der Waals surface area contributed by atoms with Crippen molar-refractivity contribution in [2.24, 2.45) is 5.92 Å². The van der Waals surface area contributed by atoms with Crippen molar-refractivity contribution in [3.05, 3.63) is 91.0 Å². The van der Waals surface area contributed by atoms with Crippen molar-refractivity contribution in [3.63, 3.8) is 0 Å². The molecule has 0 heterocycles. The minimum atomic E-state index is -0.390. The minimum absolute atomic E-state index is 0.390. The van der Waals surface area contributed by atoms with Crippen molar-refractivity contribution in [1.82, 2.24) is 0 Å². The molecule has 0 aliphatic carbocycles. The lowest BCUT2D eigenvalue weighted by atomic mass is 10.1. The molecule has 3 aromatic carbocycles. The summed E-state index contributed by atoms with van der Waals surface area (Å²) in [5, 5.41) is 0. The molecule has 0 saturated heterocycles. The number of hydrogen-bond acceptors (Lipinski definition) is 4. The first-order valence-corrected chi connectivity index (χ1v) is 13.0. The Bertz CT molecular complexity index is 1050. The summed E-state index contributed by atoms with van der Waals surface area (Å²) in [5.41, 5.74) is 2.62. The summed E-state index contributed by atoms with van der Waals surface area (Å²) in [6.07, 6.45) is 8.81. The molecule has 0 radical (unpaired) electrons. The second-order valence-corrected chi connectivity index (χ2v) is 9.13. The molecule has 190 valence electrons. The molecule has 36 heavy (non-hydrogen) atoms. The van der Waals surface area contributed by atoms with E-state index in [1.54, 1.807) is 24.3 Å². The fraction of sp³-hybridized carbons (Fsp3) is 0.344. The van der Waals surface area contributed by atoms with Crippen molar-refractivity contribution in [3.8, 4) is 28.4 Å². The molecule has 1 atom stereocenters. The molecule has 0 unspecified atom stereocenters. The van der Waals surface area contributed by atoms with Crippen LogP contribution >= 0.6 is 0 Å². The molecule has 0 amide bonds. The molecular weight excluding hydrogens is 448 g/mol. The molecule has 4 heteroatoms. The summed E-state index contributed by atoms with van der Waals surface area (Å²) in [5.74, 6) is 2.25. The lowest BCUT2D eigenvalue weighted by Gasteiger charge is -2.11. The molecule has 0 bridgehead atoms. The van der Waals surface area contributed by atoms with Crippen molar-refractivity contribution in [2.75, 3.05) is 13.2 Å². The Morgan fingerprint density at radius 3 is 1.94 bits per heavy atom. The maximum Gasteiger partial charge on any atom is 0.343 e. The van der Waals surface area contributed by atoms with Crippen molar-refractivity contribution >= 4 is 5.97 Å². The van der Waals surface area contributed by atoms with Gasteiger partial charge in [-0.3, -0.25) is 0 Å². The third kappa shape index (κ3) is 8.92. The van der Waals surface area contributed by atoms with E-state index in [-0.39, 0.29) is 0 Å². The maximum absolute atomic E-state index is 12.5. The van der Waals surface area contributed by atoms with E-state index in [0.29, 0.717) is 23.8 Å². The first-order chi connectivity index (χ1) is 17.6. The number of ether oxygens (including phenoxy) is 3. The van der Waals surface area contributed by atoms with E-state index >= 15 is 0 Å². The Hall–Kier alpha value is -3.53. The summed E-state index contributed by atoms with van der Waals surface area (Å²) in [7, 11) is 0. The smallest absolute Gasteiger partial charge is 0.343 e. The van der Waals surface area contributed by atoms with Gasteiger partial charge in [0.2, 0.25) is 0 Å². The van der Waals surface area contributed by atoms with E-state index in [1.807, 2.05) is 54.6 Å². The fourth-order valence-electron chi connectivity index (χ4n) is 3.60. The van der Waals surface area contributed by atoms with Crippen molar-refractivity contribution in [2.45, 2.75) is 52.4 Å². The summed E-state index contributed by atoms with van der Waals surface area (Å²) >= 11 is 0. The largest absolute Gasteiger partial charge is 0.494 e. The van der Waals surface area contributed by atoms with Crippen LogP contribution in [0.1, 0.15) is 62.7 Å². The van der Waals surface area contributed by atoms with Gasteiger partial charge in [-0.25, -0.2) is 4.79 Å². The number of allylic oxidation sites excluding steroid dienone is 1. The van der Waals surface area contributed by atoms with Gasteiger partial charge in [0.25, 0.3) is 0 Å². The van der Waals surface area contributed by atoms with Gasteiger partial charge >= 0.3 is 5.97 Å². The molecule has 0 fully saturated rings. The monoisotopic (exact) mass is 486 g/mol. The number of hydrogen-bond donors (Lipinski definition) is 0. The molecular formula is C32H38O4. The van der Waals surface area contributed by atoms with Gasteiger partial charge in [-0.2, -0.15) is 0 Å². The summed E-state index contributed by atoms with van der Waals surface area (Å²) in [6.45, 7) is 9.45. The molecule has 0 spiro atoms. The van der Waals surface area contributed by atoms with Crippen molar-refractivity contribution < 1.29 is 19.0 Å². The second kappa shape index (κ2) is 14.8. The zero-order chi connectivity index (χ0) is 25.6. The van der Waals surface area contributed by atoms with E-state index < -0.39 is 5.97 Å². The number of carbonyl (C=O) groups is 1. The molecule has 0 aromatic heterocycles. The van der Waals surface area contributed by atoms with Crippen molar-refractivity contribution in [1.29, 1.82) is 0 Å². The zero-order valence-corrected chi connectivity index (χ0v) is 21.6. The predicted molar refractivity (Wildman–Crippen MR) is 147 cm³/mol. The highest BCUT2D eigenvalue weighted by Crippen LogP contribution is 2.25. The van der Waals surface area contributed by atoms with Crippen LogP contribution in [0.3, 0.4) is 0 Å². The van der Waals surface area contributed by atoms with Crippen LogP contribution in [0.4, 0.5) is 0 Å². The van der Waals surface area contributed by atoms with Crippen LogP contribution in [0.15, 0.2) is 85.5 Å². The number of benzene rings is 3. The quantitative estimate of drug-likeness (QED) is 0.0934. The van der Waals surface area contributed by atoms with Gasteiger partial charge in [0.15, 0.2) is 0 Å². The fourth-order valence-corrected chi connectivity index (χ4v) is 3.60. The first-order valence-electron chi connectivity index (χ1n) is 13.0. The molecule has 3 rings (SSSR count). The standard InChI is InChI=1S/C32H38O4/c1-4-6-7-8-9-10-23-34-29-17-11-26(12-18-29)27-13-21-31(22-14-27)36-32(33)28-15-19-30(20-16-28)35-24-25(3)5-2/h4,11-22,25H,1,5-10,23-24H2,2-3H3/t25-/m0/s1. The van der Waals surface area contributed by atoms with Gasteiger partial charge in [0.1, 0.15) is 17.2 Å². The van der Waals surface area contributed by atoms with Crippen LogP contribution < -0.4 is 14.2 Å². The Morgan fingerprint density at radius 2 is 1.33 bits per heavy atom. The Kier molecular flexibility index (Phi) is 11.1. The summed E-state index contributed by atoms with van der Waals surface area (Å²) in [4.78, 5) is 12.5.